The zero-order valence-electron chi connectivity index (χ0n) is 9.15. The van der Waals surface area contributed by atoms with Crippen molar-refractivity contribution >= 4 is 23.2 Å². The van der Waals surface area contributed by atoms with Crippen LogP contribution in [0.3, 0.4) is 0 Å². The van der Waals surface area contributed by atoms with E-state index in [1.807, 2.05) is 0 Å². The number of phenols is 1. The van der Waals surface area contributed by atoms with Crippen molar-refractivity contribution in [2.24, 2.45) is 0 Å². The van der Waals surface area contributed by atoms with Crippen LogP contribution in [0.4, 0.5) is 10.1 Å². The number of amides is 1. The molecule has 2 aromatic rings. The first-order valence-corrected chi connectivity index (χ1v) is 5.50. The molecule has 2 N–H and O–H groups in total. The van der Waals surface area contributed by atoms with Crippen LogP contribution in [0.5, 0.6) is 5.75 Å². The summed E-state index contributed by atoms with van der Waals surface area (Å²) in [5.74, 6) is -1.21. The highest BCUT2D eigenvalue weighted by Gasteiger charge is 2.12. The van der Waals surface area contributed by atoms with Gasteiger partial charge in [-0.25, -0.2) is 4.39 Å². The lowest BCUT2D eigenvalue weighted by Gasteiger charge is -2.08. The molecule has 0 atom stereocenters. The van der Waals surface area contributed by atoms with Gasteiger partial charge in [0.1, 0.15) is 11.6 Å². The Morgan fingerprint density at radius 3 is 2.61 bits per heavy atom. The van der Waals surface area contributed by atoms with Gasteiger partial charge in [-0.15, -0.1) is 0 Å². The van der Waals surface area contributed by atoms with E-state index in [9.17, 15) is 14.3 Å². The molecule has 0 spiro atoms. The number of rotatable bonds is 2. The highest BCUT2D eigenvalue weighted by atomic mass is 35.5. The number of halogens is 2. The fourth-order valence-corrected chi connectivity index (χ4v) is 1.66. The predicted molar refractivity (Wildman–Crippen MR) is 67.5 cm³/mol. The lowest BCUT2D eigenvalue weighted by atomic mass is 10.2. The van der Waals surface area contributed by atoms with E-state index in [0.29, 0.717) is 5.69 Å². The normalized spacial score (nSPS) is 10.1. The van der Waals surface area contributed by atoms with Crippen LogP contribution in [-0.4, -0.2) is 11.0 Å². The van der Waals surface area contributed by atoms with E-state index in [0.717, 1.165) is 0 Å². The predicted octanol–water partition coefficient (Wildman–Crippen LogP) is 3.44. The molecule has 2 rings (SSSR count). The van der Waals surface area contributed by atoms with Crippen LogP contribution >= 0.6 is 11.6 Å². The van der Waals surface area contributed by atoms with Gasteiger partial charge in [0.2, 0.25) is 0 Å². The van der Waals surface area contributed by atoms with Crippen LogP contribution in [0, 0.1) is 5.82 Å². The third kappa shape index (κ3) is 2.60. The highest BCUT2D eigenvalue weighted by molar-refractivity contribution is 6.34. The molecule has 0 heterocycles. The molecule has 1 amide bonds. The maximum Gasteiger partial charge on any atom is 0.258 e. The largest absolute Gasteiger partial charge is 0.508 e. The van der Waals surface area contributed by atoms with Gasteiger partial charge in [0.25, 0.3) is 5.91 Å². The summed E-state index contributed by atoms with van der Waals surface area (Å²) in [5, 5.41) is 11.8. The Kier molecular flexibility index (Phi) is 3.48. The van der Waals surface area contributed by atoms with Crippen LogP contribution in [-0.2, 0) is 0 Å². The number of anilines is 1. The van der Waals surface area contributed by atoms with E-state index in [2.05, 4.69) is 5.32 Å². The number of hydrogen-bond acceptors (Lipinski definition) is 2. The number of hydrogen-bond donors (Lipinski definition) is 2. The monoisotopic (exact) mass is 265 g/mol. The first kappa shape index (κ1) is 12.4. The molecular formula is C13H9ClFNO2. The minimum atomic E-state index is -0.607. The molecular weight excluding hydrogens is 257 g/mol. The molecule has 5 heteroatoms. The second-order valence-corrected chi connectivity index (χ2v) is 4.01. The Balaban J connectivity index is 2.24. The number of aromatic hydroxyl groups is 1. The maximum absolute atomic E-state index is 13.4. The van der Waals surface area contributed by atoms with E-state index in [-0.39, 0.29) is 16.3 Å². The summed E-state index contributed by atoms with van der Waals surface area (Å²) in [6.45, 7) is 0. The molecule has 18 heavy (non-hydrogen) atoms. The van der Waals surface area contributed by atoms with Gasteiger partial charge in [-0.2, -0.15) is 0 Å². The van der Waals surface area contributed by atoms with Gasteiger partial charge >= 0.3 is 0 Å². The molecule has 0 unspecified atom stereocenters. The molecule has 0 aliphatic rings. The number of nitrogens with one attached hydrogen (secondary N) is 1. The third-order valence-corrected chi connectivity index (χ3v) is 2.63. The van der Waals surface area contributed by atoms with Crippen molar-refractivity contribution in [3.05, 3.63) is 58.9 Å². The second-order valence-electron chi connectivity index (χ2n) is 3.60. The van der Waals surface area contributed by atoms with E-state index >= 15 is 0 Å². The molecule has 0 aliphatic heterocycles. The Morgan fingerprint density at radius 1 is 1.22 bits per heavy atom. The summed E-state index contributed by atoms with van der Waals surface area (Å²) in [6.07, 6.45) is 0. The highest BCUT2D eigenvalue weighted by Crippen LogP contribution is 2.26. The van der Waals surface area contributed by atoms with Gasteiger partial charge in [0.05, 0.1) is 16.3 Å². The van der Waals surface area contributed by atoms with E-state index in [1.54, 1.807) is 6.07 Å². The quantitative estimate of drug-likeness (QED) is 0.817. The molecule has 0 radical (unpaired) electrons. The first-order valence-electron chi connectivity index (χ1n) is 5.12. The number of benzene rings is 2. The molecule has 0 saturated heterocycles. The third-order valence-electron chi connectivity index (χ3n) is 2.32. The molecule has 2 aromatic carbocycles. The van der Waals surface area contributed by atoms with Gasteiger partial charge in [0, 0.05) is 6.07 Å². The van der Waals surface area contributed by atoms with Gasteiger partial charge in [-0.3, -0.25) is 4.79 Å². The Hall–Kier alpha value is -2.07. The van der Waals surface area contributed by atoms with Crippen LogP contribution in [0.15, 0.2) is 42.5 Å². The summed E-state index contributed by atoms with van der Waals surface area (Å²) in [5.41, 5.74) is 0.240. The Bertz CT molecular complexity index is 601. The molecule has 0 fully saturated rings. The van der Waals surface area contributed by atoms with Crippen LogP contribution in [0.25, 0.3) is 0 Å². The van der Waals surface area contributed by atoms with Gasteiger partial charge in [0.15, 0.2) is 0 Å². The zero-order valence-corrected chi connectivity index (χ0v) is 9.91. The van der Waals surface area contributed by atoms with Crippen LogP contribution in [0.2, 0.25) is 5.02 Å². The van der Waals surface area contributed by atoms with E-state index in [4.69, 9.17) is 11.6 Å². The number of phenolic OH excluding ortho intramolecular Hbond substituents is 1. The molecule has 0 saturated carbocycles. The van der Waals surface area contributed by atoms with Crippen molar-refractivity contribution in [1.29, 1.82) is 0 Å². The average molecular weight is 266 g/mol. The van der Waals surface area contributed by atoms with Crippen molar-refractivity contribution in [3.63, 3.8) is 0 Å². The number of carbonyl (C=O) groups excluding carboxylic acids is 1. The topological polar surface area (TPSA) is 49.3 Å². The number of carbonyl (C=O) groups is 1. The maximum atomic E-state index is 13.4. The Morgan fingerprint density at radius 2 is 1.94 bits per heavy atom. The summed E-state index contributed by atoms with van der Waals surface area (Å²) >= 11 is 5.83. The fraction of sp³-hybridized carbons (Fsp3) is 0. The summed E-state index contributed by atoms with van der Waals surface area (Å²) < 4.78 is 13.4. The van der Waals surface area contributed by atoms with Crippen molar-refractivity contribution in [1.82, 2.24) is 0 Å². The minimum Gasteiger partial charge on any atom is -0.508 e. The molecule has 0 bridgehead atoms. The van der Waals surface area contributed by atoms with Crippen molar-refractivity contribution < 1.29 is 14.3 Å². The van der Waals surface area contributed by atoms with Gasteiger partial charge in [-0.1, -0.05) is 23.7 Å². The summed E-state index contributed by atoms with van der Waals surface area (Å²) in [6, 6.07) is 9.75. The lowest BCUT2D eigenvalue weighted by Crippen LogP contribution is -2.13. The van der Waals surface area contributed by atoms with E-state index in [1.165, 1.54) is 36.4 Å². The smallest absolute Gasteiger partial charge is 0.258 e. The lowest BCUT2D eigenvalue weighted by molar-refractivity contribution is 0.102. The molecule has 0 aliphatic carbocycles. The Labute approximate surface area is 108 Å². The standard InChI is InChI=1S/C13H9ClFNO2/c14-10-7-8(17)5-6-12(10)16-13(18)9-3-1-2-4-11(9)15/h1-7,17H,(H,16,18). The minimum absolute atomic E-state index is 0.0103. The SMILES string of the molecule is O=C(Nc1ccc(O)cc1Cl)c1ccccc1F. The molecule has 0 aromatic heterocycles. The first-order chi connectivity index (χ1) is 8.58. The zero-order chi connectivity index (χ0) is 13.1. The van der Waals surface area contributed by atoms with Crippen molar-refractivity contribution in [2.75, 3.05) is 5.32 Å². The van der Waals surface area contributed by atoms with Crippen molar-refractivity contribution in [3.8, 4) is 5.75 Å². The van der Waals surface area contributed by atoms with Gasteiger partial charge < -0.3 is 10.4 Å². The summed E-state index contributed by atoms with van der Waals surface area (Å²) in [7, 11) is 0. The fourth-order valence-electron chi connectivity index (χ4n) is 1.44. The summed E-state index contributed by atoms with van der Waals surface area (Å²) in [4.78, 5) is 11.8. The van der Waals surface area contributed by atoms with Gasteiger partial charge in [-0.05, 0) is 24.3 Å². The van der Waals surface area contributed by atoms with Crippen LogP contribution in [0.1, 0.15) is 10.4 Å². The van der Waals surface area contributed by atoms with E-state index < -0.39 is 11.7 Å². The molecule has 3 nitrogen and oxygen atoms in total. The second kappa shape index (κ2) is 5.06. The molecule has 92 valence electrons. The average Bonchev–Trinajstić information content (AvgIpc) is 2.33. The van der Waals surface area contributed by atoms with Crippen molar-refractivity contribution in [2.45, 2.75) is 0 Å². The van der Waals surface area contributed by atoms with Crippen LogP contribution < -0.4 is 5.32 Å².